The molecule has 1 aliphatic heterocycles. The maximum absolute atomic E-state index is 5.41. The molecule has 0 aliphatic carbocycles. The first kappa shape index (κ1) is 14.7. The highest BCUT2D eigenvalue weighted by atomic mass is 79.9. The van der Waals surface area contributed by atoms with Crippen molar-refractivity contribution >= 4 is 15.9 Å². The number of hydrogen-bond donors (Lipinski definition) is 1. The Morgan fingerprint density at radius 3 is 2.67 bits per heavy atom. The Labute approximate surface area is 132 Å². The van der Waals surface area contributed by atoms with Gasteiger partial charge in [-0.2, -0.15) is 4.98 Å². The molecule has 1 aromatic heterocycles. The molecule has 112 valence electrons. The van der Waals surface area contributed by atoms with Gasteiger partial charge >= 0.3 is 0 Å². The van der Waals surface area contributed by atoms with Crippen LogP contribution in [-0.4, -0.2) is 29.9 Å². The third kappa shape index (κ3) is 2.88. The third-order valence-electron chi connectivity index (χ3n) is 3.86. The van der Waals surface area contributed by atoms with Crippen LogP contribution in [0.15, 0.2) is 21.1 Å². The van der Waals surface area contributed by atoms with Crippen molar-refractivity contribution in [1.82, 2.24) is 15.5 Å². The molecule has 1 saturated heterocycles. The topological polar surface area (TPSA) is 60.2 Å². The van der Waals surface area contributed by atoms with E-state index in [4.69, 9.17) is 9.26 Å². The van der Waals surface area contributed by atoms with Crippen LogP contribution in [0.2, 0.25) is 0 Å². The van der Waals surface area contributed by atoms with Crippen LogP contribution >= 0.6 is 15.9 Å². The van der Waals surface area contributed by atoms with Crippen LogP contribution in [-0.2, 0) is 4.74 Å². The molecule has 1 aliphatic rings. The smallest absolute Gasteiger partial charge is 0.244 e. The van der Waals surface area contributed by atoms with Crippen LogP contribution in [0.25, 0.3) is 11.4 Å². The molecule has 1 N–H and O–H groups in total. The lowest BCUT2D eigenvalue weighted by Crippen LogP contribution is -2.16. The summed E-state index contributed by atoms with van der Waals surface area (Å²) in [6, 6.07) is 4.20. The van der Waals surface area contributed by atoms with E-state index in [1.807, 2.05) is 0 Å². The molecule has 0 bridgehead atoms. The van der Waals surface area contributed by atoms with Crippen LogP contribution in [0.5, 0.6) is 0 Å². The van der Waals surface area contributed by atoms with Gasteiger partial charge in [0.05, 0.1) is 12.1 Å². The minimum Gasteiger partial charge on any atom is -0.380 e. The Morgan fingerprint density at radius 1 is 1.33 bits per heavy atom. The fourth-order valence-corrected chi connectivity index (χ4v) is 2.87. The number of nitrogens with one attached hydrogen (secondary N) is 1. The number of benzene rings is 1. The van der Waals surface area contributed by atoms with E-state index in [9.17, 15) is 0 Å². The number of aryl methyl sites for hydroxylation is 2. The molecule has 2 atom stereocenters. The number of halogens is 1. The molecule has 21 heavy (non-hydrogen) atoms. The third-order valence-corrected chi connectivity index (χ3v) is 5.11. The molecule has 0 radical (unpaired) electrons. The van der Waals surface area contributed by atoms with Crippen molar-refractivity contribution in [2.24, 2.45) is 0 Å². The highest BCUT2D eigenvalue weighted by molar-refractivity contribution is 9.10. The lowest BCUT2D eigenvalue weighted by Gasteiger charge is -2.05. The van der Waals surface area contributed by atoms with Crippen molar-refractivity contribution in [3.8, 4) is 11.4 Å². The van der Waals surface area contributed by atoms with E-state index in [1.54, 1.807) is 7.11 Å². The molecule has 5 nitrogen and oxygen atoms in total. The van der Waals surface area contributed by atoms with E-state index >= 15 is 0 Å². The van der Waals surface area contributed by atoms with Crippen molar-refractivity contribution in [3.63, 3.8) is 0 Å². The largest absolute Gasteiger partial charge is 0.380 e. The van der Waals surface area contributed by atoms with E-state index in [-0.39, 0.29) is 12.1 Å². The zero-order valence-electron chi connectivity index (χ0n) is 12.3. The maximum Gasteiger partial charge on any atom is 0.244 e. The zero-order valence-corrected chi connectivity index (χ0v) is 13.9. The van der Waals surface area contributed by atoms with Crippen LogP contribution in [0.3, 0.4) is 0 Å². The SMILES string of the molecule is CO[C@@H]1CN[C@@H](c2nc(-c3cc(C)c(Br)c(C)c3)no2)C1. The van der Waals surface area contributed by atoms with Crippen LogP contribution in [0, 0.1) is 13.8 Å². The zero-order chi connectivity index (χ0) is 15.0. The molecule has 3 rings (SSSR count). The Balaban J connectivity index is 1.85. The Morgan fingerprint density at radius 2 is 2.05 bits per heavy atom. The number of methoxy groups -OCH3 is 1. The van der Waals surface area contributed by atoms with Crippen molar-refractivity contribution in [3.05, 3.63) is 33.6 Å². The van der Waals surface area contributed by atoms with E-state index in [0.717, 1.165) is 34.1 Å². The molecule has 1 aromatic carbocycles. The molecule has 0 saturated carbocycles. The standard InChI is InChI=1S/C15H18BrN3O2/c1-8-4-10(5-9(2)13(8)16)14-18-15(21-19-14)12-6-11(20-3)7-17-12/h4-5,11-12,17H,6-7H2,1-3H3/t11-,12+/m0/s1. The molecular formula is C15H18BrN3O2. The second kappa shape index (κ2) is 5.87. The van der Waals surface area contributed by atoms with Gasteiger partial charge in [0.2, 0.25) is 11.7 Å². The molecule has 2 aromatic rings. The fourth-order valence-electron chi connectivity index (χ4n) is 2.64. The normalized spacial score (nSPS) is 21.9. The summed E-state index contributed by atoms with van der Waals surface area (Å²) in [7, 11) is 1.72. The summed E-state index contributed by atoms with van der Waals surface area (Å²) in [5.74, 6) is 1.26. The second-order valence-corrected chi connectivity index (χ2v) is 6.23. The van der Waals surface area contributed by atoms with Gasteiger partial charge in [-0.15, -0.1) is 0 Å². The van der Waals surface area contributed by atoms with Crippen LogP contribution < -0.4 is 5.32 Å². The quantitative estimate of drug-likeness (QED) is 0.920. The predicted octanol–water partition coefficient (Wildman–Crippen LogP) is 3.17. The van der Waals surface area contributed by atoms with E-state index in [0.29, 0.717) is 11.7 Å². The fraction of sp³-hybridized carbons (Fsp3) is 0.467. The molecule has 0 spiro atoms. The van der Waals surface area contributed by atoms with E-state index in [2.05, 4.69) is 57.4 Å². The average molecular weight is 352 g/mol. The molecule has 1 fully saturated rings. The number of hydrogen-bond acceptors (Lipinski definition) is 5. The summed E-state index contributed by atoms with van der Waals surface area (Å²) in [6.07, 6.45) is 1.07. The van der Waals surface area contributed by atoms with Crippen molar-refractivity contribution in [1.29, 1.82) is 0 Å². The number of ether oxygens (including phenoxy) is 1. The lowest BCUT2D eigenvalue weighted by atomic mass is 10.1. The lowest BCUT2D eigenvalue weighted by molar-refractivity contribution is 0.116. The highest BCUT2D eigenvalue weighted by Crippen LogP contribution is 2.29. The van der Waals surface area contributed by atoms with Crippen molar-refractivity contribution in [2.45, 2.75) is 32.4 Å². The molecule has 2 heterocycles. The first-order valence-electron chi connectivity index (χ1n) is 6.95. The van der Waals surface area contributed by atoms with Gasteiger partial charge in [0, 0.05) is 23.7 Å². The second-order valence-electron chi connectivity index (χ2n) is 5.43. The Bertz CT molecular complexity index is 633. The van der Waals surface area contributed by atoms with E-state index < -0.39 is 0 Å². The van der Waals surface area contributed by atoms with Gasteiger partial charge in [-0.3, -0.25) is 0 Å². The summed E-state index contributed by atoms with van der Waals surface area (Å²) in [5.41, 5.74) is 3.30. The minimum atomic E-state index is 0.0776. The van der Waals surface area contributed by atoms with Gasteiger partial charge in [-0.25, -0.2) is 0 Å². The number of nitrogens with zero attached hydrogens (tertiary/aromatic N) is 2. The van der Waals surface area contributed by atoms with Crippen LogP contribution in [0.4, 0.5) is 0 Å². The van der Waals surface area contributed by atoms with Gasteiger partial charge < -0.3 is 14.6 Å². The molecule has 0 unspecified atom stereocenters. The Hall–Kier alpha value is -1.24. The highest BCUT2D eigenvalue weighted by Gasteiger charge is 2.29. The average Bonchev–Trinajstić information content (AvgIpc) is 3.12. The van der Waals surface area contributed by atoms with Crippen molar-refractivity contribution < 1.29 is 9.26 Å². The predicted molar refractivity (Wildman–Crippen MR) is 83.1 cm³/mol. The van der Waals surface area contributed by atoms with Gasteiger partial charge in [0.15, 0.2) is 0 Å². The van der Waals surface area contributed by atoms with Gasteiger partial charge in [-0.05, 0) is 43.5 Å². The van der Waals surface area contributed by atoms with Gasteiger partial charge in [-0.1, -0.05) is 21.1 Å². The summed E-state index contributed by atoms with van der Waals surface area (Å²) < 4.78 is 11.9. The summed E-state index contributed by atoms with van der Waals surface area (Å²) in [6.45, 7) is 4.93. The summed E-state index contributed by atoms with van der Waals surface area (Å²) in [5, 5.41) is 7.45. The molecule has 6 heteroatoms. The maximum atomic E-state index is 5.41. The van der Waals surface area contributed by atoms with Gasteiger partial charge in [0.25, 0.3) is 0 Å². The van der Waals surface area contributed by atoms with Crippen LogP contribution in [0.1, 0.15) is 29.5 Å². The molecule has 0 amide bonds. The summed E-state index contributed by atoms with van der Waals surface area (Å²) in [4.78, 5) is 4.53. The van der Waals surface area contributed by atoms with E-state index in [1.165, 1.54) is 0 Å². The summed E-state index contributed by atoms with van der Waals surface area (Å²) >= 11 is 3.57. The monoisotopic (exact) mass is 351 g/mol. The van der Waals surface area contributed by atoms with Gasteiger partial charge in [0.1, 0.15) is 0 Å². The Kier molecular flexibility index (Phi) is 4.10. The number of aromatic nitrogens is 2. The molecular weight excluding hydrogens is 334 g/mol. The van der Waals surface area contributed by atoms with Crippen molar-refractivity contribution in [2.75, 3.05) is 13.7 Å². The first-order chi connectivity index (χ1) is 10.1. The minimum absolute atomic E-state index is 0.0776. The first-order valence-corrected chi connectivity index (χ1v) is 7.74. The number of rotatable bonds is 3.